The number of rotatable bonds is 9. The third kappa shape index (κ3) is 6.35. The van der Waals surface area contributed by atoms with Crippen LogP contribution in [0.3, 0.4) is 0 Å². The molecule has 3 atom stereocenters. The minimum atomic E-state index is -0.306. The summed E-state index contributed by atoms with van der Waals surface area (Å²) in [4.78, 5) is 19.0. The Morgan fingerprint density at radius 3 is 2.67 bits per heavy atom. The summed E-state index contributed by atoms with van der Waals surface area (Å²) in [6.45, 7) is 5.88. The Labute approximate surface area is 272 Å². The molecule has 4 aliphatic rings. The third-order valence-corrected chi connectivity index (χ3v) is 10.3. The highest BCUT2D eigenvalue weighted by atomic mass is 79.9. The molecule has 1 amide bonds. The molecule has 2 bridgehead atoms. The molecule has 1 aliphatic carbocycles. The molecule has 1 saturated carbocycles. The predicted octanol–water partition coefficient (Wildman–Crippen LogP) is 5.84. The molecule has 3 aliphatic heterocycles. The molecule has 0 unspecified atom stereocenters. The molecular weight excluding hydrogens is 635 g/mol. The number of hydrogen-bond donors (Lipinski definition) is 2. The molecule has 9 heteroatoms. The van der Waals surface area contributed by atoms with Crippen LogP contribution >= 0.6 is 15.9 Å². The quantitative estimate of drug-likeness (QED) is 0.297. The lowest BCUT2D eigenvalue weighted by molar-refractivity contribution is -0.128. The molecule has 236 valence electrons. The summed E-state index contributed by atoms with van der Waals surface area (Å²) in [5, 5.41) is 7.29. The standard InChI is InChI=1S/C36H40BrFN4O3/c1-22-24(4-3-5-33(22)44-2)20-42(28-11-12-28)36(43)35-30(17-26-18-39-19-32(35)40-26)23-6-9-27(10-7-23)41-15-14-29(21-41)45-34-16-25(38)8-13-31(34)37/h3-10,13,16,26,28-29,32,39-40H,11-12,14-15,17-21H2,1-2H3/t26-,29+,32-/m0/s1. The zero-order valence-electron chi connectivity index (χ0n) is 25.8. The average molecular weight is 676 g/mol. The van der Waals surface area contributed by atoms with Crippen molar-refractivity contribution < 1.29 is 18.7 Å². The molecule has 0 radical (unpaired) electrons. The molecule has 2 saturated heterocycles. The van der Waals surface area contributed by atoms with Crippen LogP contribution in [0.4, 0.5) is 10.1 Å². The summed E-state index contributed by atoms with van der Waals surface area (Å²) in [6.07, 6.45) is 3.74. The number of ether oxygens (including phenoxy) is 2. The summed E-state index contributed by atoms with van der Waals surface area (Å²) in [7, 11) is 1.69. The van der Waals surface area contributed by atoms with Crippen molar-refractivity contribution in [1.29, 1.82) is 0 Å². The van der Waals surface area contributed by atoms with Crippen molar-refractivity contribution >= 4 is 33.1 Å². The highest BCUT2D eigenvalue weighted by Gasteiger charge is 2.41. The number of nitrogens with one attached hydrogen (secondary N) is 2. The van der Waals surface area contributed by atoms with Crippen molar-refractivity contribution in [1.82, 2.24) is 15.5 Å². The van der Waals surface area contributed by atoms with Crippen LogP contribution in [0.15, 0.2) is 70.7 Å². The van der Waals surface area contributed by atoms with Crippen LogP contribution in [0.2, 0.25) is 0 Å². The smallest absolute Gasteiger partial charge is 0.252 e. The van der Waals surface area contributed by atoms with Gasteiger partial charge in [-0.1, -0.05) is 24.3 Å². The topological polar surface area (TPSA) is 66.1 Å². The molecule has 0 spiro atoms. The second-order valence-corrected chi connectivity index (χ2v) is 13.5. The molecule has 7 rings (SSSR count). The van der Waals surface area contributed by atoms with E-state index >= 15 is 0 Å². The van der Waals surface area contributed by atoms with E-state index in [1.165, 1.54) is 12.1 Å². The summed E-state index contributed by atoms with van der Waals surface area (Å²) < 4.78 is 26.3. The van der Waals surface area contributed by atoms with Crippen molar-refractivity contribution in [2.75, 3.05) is 38.2 Å². The lowest BCUT2D eigenvalue weighted by Crippen LogP contribution is -2.60. The normalized spacial score (nSPS) is 22.8. The number of anilines is 1. The van der Waals surface area contributed by atoms with Gasteiger partial charge >= 0.3 is 0 Å². The van der Waals surface area contributed by atoms with Crippen molar-refractivity contribution in [2.45, 2.75) is 63.4 Å². The summed E-state index contributed by atoms with van der Waals surface area (Å²) in [5.41, 5.74) is 6.51. The number of amides is 1. The van der Waals surface area contributed by atoms with E-state index in [1.807, 2.05) is 12.1 Å². The van der Waals surface area contributed by atoms with Crippen LogP contribution in [-0.4, -0.2) is 68.3 Å². The fourth-order valence-electron chi connectivity index (χ4n) is 7.06. The Kier molecular flexibility index (Phi) is 8.59. The number of methoxy groups -OCH3 is 1. The molecular formula is C36H40BrFN4O3. The van der Waals surface area contributed by atoms with E-state index in [4.69, 9.17) is 9.47 Å². The number of hydrogen-bond acceptors (Lipinski definition) is 6. The van der Waals surface area contributed by atoms with Crippen molar-refractivity contribution in [3.8, 4) is 11.5 Å². The van der Waals surface area contributed by atoms with E-state index in [2.05, 4.69) is 73.6 Å². The zero-order valence-corrected chi connectivity index (χ0v) is 27.4. The number of piperazine rings is 1. The number of fused-ring (bicyclic) bond motifs is 2. The third-order valence-electron chi connectivity index (χ3n) is 9.65. The molecule has 3 aromatic carbocycles. The molecule has 0 aromatic heterocycles. The van der Waals surface area contributed by atoms with Gasteiger partial charge in [-0.3, -0.25) is 4.79 Å². The first-order chi connectivity index (χ1) is 21.9. The molecule has 2 N–H and O–H groups in total. The minimum absolute atomic E-state index is 0.0207. The number of nitrogens with zero attached hydrogens (tertiary/aromatic N) is 2. The highest BCUT2D eigenvalue weighted by molar-refractivity contribution is 9.10. The van der Waals surface area contributed by atoms with Gasteiger partial charge in [0.15, 0.2) is 0 Å². The number of benzene rings is 3. The van der Waals surface area contributed by atoms with Crippen molar-refractivity contribution in [3.05, 3.63) is 93.2 Å². The fourth-order valence-corrected chi connectivity index (χ4v) is 7.40. The van der Waals surface area contributed by atoms with E-state index in [-0.39, 0.29) is 29.9 Å². The lowest BCUT2D eigenvalue weighted by atomic mass is 9.83. The van der Waals surface area contributed by atoms with Gasteiger partial charge in [0.25, 0.3) is 5.91 Å². The molecule has 45 heavy (non-hydrogen) atoms. The van der Waals surface area contributed by atoms with Gasteiger partial charge in [0, 0.05) is 62.0 Å². The largest absolute Gasteiger partial charge is 0.496 e. The van der Waals surface area contributed by atoms with Gasteiger partial charge in [0.2, 0.25) is 0 Å². The average Bonchev–Trinajstić information content (AvgIpc) is 3.79. The zero-order chi connectivity index (χ0) is 31.1. The first-order valence-electron chi connectivity index (χ1n) is 16.0. The van der Waals surface area contributed by atoms with Crippen LogP contribution in [0.25, 0.3) is 5.57 Å². The van der Waals surface area contributed by atoms with Gasteiger partial charge in [-0.15, -0.1) is 0 Å². The maximum Gasteiger partial charge on any atom is 0.252 e. The number of halogens is 2. The first-order valence-corrected chi connectivity index (χ1v) is 16.8. The van der Waals surface area contributed by atoms with Crippen LogP contribution in [0.1, 0.15) is 42.4 Å². The van der Waals surface area contributed by atoms with Gasteiger partial charge in [-0.25, -0.2) is 4.39 Å². The predicted molar refractivity (Wildman–Crippen MR) is 178 cm³/mol. The van der Waals surface area contributed by atoms with E-state index < -0.39 is 0 Å². The lowest BCUT2D eigenvalue weighted by Gasteiger charge is -2.41. The van der Waals surface area contributed by atoms with Gasteiger partial charge in [-0.2, -0.15) is 0 Å². The maximum atomic E-state index is 14.6. The van der Waals surface area contributed by atoms with Crippen molar-refractivity contribution in [2.24, 2.45) is 0 Å². The Morgan fingerprint density at radius 2 is 1.89 bits per heavy atom. The maximum absolute atomic E-state index is 14.6. The highest BCUT2D eigenvalue weighted by Crippen LogP contribution is 2.38. The Bertz CT molecular complexity index is 1610. The van der Waals surface area contributed by atoms with Crippen LogP contribution < -0.4 is 25.0 Å². The monoisotopic (exact) mass is 674 g/mol. The first kappa shape index (κ1) is 30.3. The minimum Gasteiger partial charge on any atom is -0.496 e. The molecule has 3 heterocycles. The SMILES string of the molecule is COc1cccc(CN(C(=O)C2=C(c3ccc(N4CC[C@@H](Oc5cc(F)ccc5Br)C4)cc3)C[C@H]3CNC[C@@H]2N3)C2CC2)c1C. The van der Waals surface area contributed by atoms with Gasteiger partial charge in [-0.05, 0) is 94.7 Å². The Morgan fingerprint density at radius 1 is 1.07 bits per heavy atom. The second kappa shape index (κ2) is 12.8. The second-order valence-electron chi connectivity index (χ2n) is 12.7. The van der Waals surface area contributed by atoms with E-state index in [0.717, 1.165) is 95.6 Å². The Balaban J connectivity index is 1.13. The van der Waals surface area contributed by atoms with E-state index in [9.17, 15) is 9.18 Å². The van der Waals surface area contributed by atoms with Gasteiger partial charge in [0.05, 0.1) is 24.2 Å². The summed E-state index contributed by atoms with van der Waals surface area (Å²) in [6, 6.07) is 19.9. The van der Waals surface area contributed by atoms with Crippen molar-refractivity contribution in [3.63, 3.8) is 0 Å². The van der Waals surface area contributed by atoms with Crippen LogP contribution in [-0.2, 0) is 11.3 Å². The van der Waals surface area contributed by atoms with Crippen LogP contribution in [0.5, 0.6) is 11.5 Å². The van der Waals surface area contributed by atoms with Gasteiger partial charge < -0.3 is 29.9 Å². The fraction of sp³-hybridized carbons (Fsp3) is 0.417. The molecule has 7 nitrogen and oxygen atoms in total. The molecule has 3 fully saturated rings. The van der Waals surface area contributed by atoms with Crippen LogP contribution in [0, 0.1) is 12.7 Å². The number of carbonyl (C=O) groups excluding carboxylic acids is 1. The van der Waals surface area contributed by atoms with Gasteiger partial charge in [0.1, 0.15) is 23.4 Å². The molecule has 3 aromatic rings. The number of carbonyl (C=O) groups is 1. The summed E-state index contributed by atoms with van der Waals surface area (Å²) >= 11 is 3.47. The van der Waals surface area contributed by atoms with E-state index in [0.29, 0.717) is 18.3 Å². The summed E-state index contributed by atoms with van der Waals surface area (Å²) in [5.74, 6) is 1.22. The van der Waals surface area contributed by atoms with E-state index in [1.54, 1.807) is 13.2 Å². The Hall–Kier alpha value is -3.40.